The highest BCUT2D eigenvalue weighted by Gasteiger charge is 2.67. The summed E-state index contributed by atoms with van der Waals surface area (Å²) in [5.74, 6) is -4.39. The number of hydrogen-bond donors (Lipinski definition) is 3. The van der Waals surface area contributed by atoms with Gasteiger partial charge in [-0.3, -0.25) is 19.7 Å². The van der Waals surface area contributed by atoms with Gasteiger partial charge in [0, 0.05) is 16.1 Å². The SMILES string of the molecule is C[C@]1(C(=O)O)N[C@H](c2cc(Br)ccc2O)[C@H]2C(=O)N(c3ccccc3)C(=O)[C@H]21. The van der Waals surface area contributed by atoms with Crippen LogP contribution >= 0.6 is 15.9 Å². The van der Waals surface area contributed by atoms with Gasteiger partial charge in [0.05, 0.1) is 17.5 Å². The second-order valence-electron chi connectivity index (χ2n) is 7.18. The number of carbonyl (C=O) groups is 3. The topological polar surface area (TPSA) is 107 Å². The van der Waals surface area contributed by atoms with Crippen molar-refractivity contribution >= 4 is 39.4 Å². The van der Waals surface area contributed by atoms with Crippen molar-refractivity contribution in [2.24, 2.45) is 11.8 Å². The van der Waals surface area contributed by atoms with Crippen LogP contribution in [0.5, 0.6) is 5.75 Å². The summed E-state index contributed by atoms with van der Waals surface area (Å²) in [6, 6.07) is 12.3. The number of imide groups is 1. The molecule has 8 heteroatoms. The maximum Gasteiger partial charge on any atom is 0.324 e. The summed E-state index contributed by atoms with van der Waals surface area (Å²) >= 11 is 3.33. The van der Waals surface area contributed by atoms with E-state index in [4.69, 9.17) is 0 Å². The van der Waals surface area contributed by atoms with E-state index in [1.54, 1.807) is 42.5 Å². The number of para-hydroxylation sites is 1. The Kier molecular flexibility index (Phi) is 4.28. The number of amides is 2. The van der Waals surface area contributed by atoms with Gasteiger partial charge in [0.15, 0.2) is 0 Å². The van der Waals surface area contributed by atoms with Gasteiger partial charge in [0.25, 0.3) is 0 Å². The molecule has 2 aliphatic rings. The molecule has 2 amide bonds. The van der Waals surface area contributed by atoms with Crippen LogP contribution < -0.4 is 10.2 Å². The third-order valence-electron chi connectivity index (χ3n) is 5.57. The number of fused-ring (bicyclic) bond motifs is 1. The molecule has 2 heterocycles. The average Bonchev–Trinajstić information content (AvgIpc) is 3.12. The van der Waals surface area contributed by atoms with Crippen molar-refractivity contribution < 1.29 is 24.6 Å². The van der Waals surface area contributed by atoms with Crippen LogP contribution in [-0.4, -0.2) is 33.5 Å². The molecule has 2 fully saturated rings. The van der Waals surface area contributed by atoms with Crippen molar-refractivity contribution in [3.05, 3.63) is 58.6 Å². The highest BCUT2D eigenvalue weighted by Crippen LogP contribution is 2.51. The van der Waals surface area contributed by atoms with Gasteiger partial charge in [-0.25, -0.2) is 4.90 Å². The quantitative estimate of drug-likeness (QED) is 0.627. The van der Waals surface area contributed by atoms with Crippen molar-refractivity contribution in [2.45, 2.75) is 18.5 Å². The molecule has 144 valence electrons. The van der Waals surface area contributed by atoms with Crippen LogP contribution in [0.25, 0.3) is 0 Å². The minimum atomic E-state index is -1.65. The summed E-state index contributed by atoms with van der Waals surface area (Å²) in [5.41, 5.74) is -0.886. The van der Waals surface area contributed by atoms with E-state index in [1.807, 2.05) is 0 Å². The molecule has 4 atom stereocenters. The second-order valence-corrected chi connectivity index (χ2v) is 8.10. The minimum absolute atomic E-state index is 0.0764. The summed E-state index contributed by atoms with van der Waals surface area (Å²) in [5, 5.41) is 23.1. The first-order valence-electron chi connectivity index (χ1n) is 8.68. The van der Waals surface area contributed by atoms with Gasteiger partial charge in [-0.05, 0) is 37.3 Å². The zero-order chi connectivity index (χ0) is 20.2. The first kappa shape index (κ1) is 18.6. The number of rotatable bonds is 3. The molecule has 0 unspecified atom stereocenters. The molecule has 3 N–H and O–H groups in total. The predicted molar refractivity (Wildman–Crippen MR) is 104 cm³/mol. The maximum atomic E-state index is 13.3. The normalized spacial score (nSPS) is 29.2. The molecular formula is C20H17BrN2O5. The van der Waals surface area contributed by atoms with E-state index in [0.29, 0.717) is 15.7 Å². The average molecular weight is 445 g/mol. The molecule has 0 aliphatic carbocycles. The smallest absolute Gasteiger partial charge is 0.324 e. The second kappa shape index (κ2) is 6.42. The Bertz CT molecular complexity index is 995. The van der Waals surface area contributed by atoms with Crippen LogP contribution in [0.2, 0.25) is 0 Å². The lowest BCUT2D eigenvalue weighted by molar-refractivity contribution is -0.147. The first-order chi connectivity index (χ1) is 13.3. The molecule has 0 radical (unpaired) electrons. The number of aliphatic carboxylic acids is 1. The van der Waals surface area contributed by atoms with Gasteiger partial charge in [0.1, 0.15) is 11.3 Å². The van der Waals surface area contributed by atoms with Gasteiger partial charge in [0.2, 0.25) is 11.8 Å². The van der Waals surface area contributed by atoms with Crippen molar-refractivity contribution in [2.75, 3.05) is 4.90 Å². The molecule has 0 spiro atoms. The number of aromatic hydroxyl groups is 1. The Balaban J connectivity index is 1.86. The van der Waals surface area contributed by atoms with E-state index in [-0.39, 0.29) is 5.75 Å². The highest BCUT2D eigenvalue weighted by atomic mass is 79.9. The molecule has 7 nitrogen and oxygen atoms in total. The molecular weight excluding hydrogens is 428 g/mol. The number of halogens is 1. The van der Waals surface area contributed by atoms with Crippen LogP contribution in [0.3, 0.4) is 0 Å². The lowest BCUT2D eigenvalue weighted by Gasteiger charge is -2.27. The third kappa shape index (κ3) is 2.56. The fraction of sp³-hybridized carbons (Fsp3) is 0.250. The highest BCUT2D eigenvalue weighted by molar-refractivity contribution is 9.10. The molecule has 2 aromatic carbocycles. The van der Waals surface area contributed by atoms with Crippen molar-refractivity contribution in [3.8, 4) is 5.75 Å². The van der Waals surface area contributed by atoms with Crippen LogP contribution in [0.15, 0.2) is 53.0 Å². The zero-order valence-electron chi connectivity index (χ0n) is 14.8. The van der Waals surface area contributed by atoms with E-state index in [2.05, 4.69) is 21.2 Å². The number of benzene rings is 2. The predicted octanol–water partition coefficient (Wildman–Crippen LogP) is 2.45. The summed E-state index contributed by atoms with van der Waals surface area (Å²) < 4.78 is 0.666. The molecule has 2 aromatic rings. The van der Waals surface area contributed by atoms with Gasteiger partial charge >= 0.3 is 5.97 Å². The monoisotopic (exact) mass is 444 g/mol. The summed E-state index contributed by atoms with van der Waals surface area (Å²) in [6.07, 6.45) is 0. The van der Waals surface area contributed by atoms with E-state index in [0.717, 1.165) is 4.90 Å². The third-order valence-corrected chi connectivity index (χ3v) is 6.06. The van der Waals surface area contributed by atoms with Gasteiger partial charge < -0.3 is 10.2 Å². The number of hydrogen-bond acceptors (Lipinski definition) is 5. The van der Waals surface area contributed by atoms with E-state index in [9.17, 15) is 24.6 Å². The van der Waals surface area contributed by atoms with Crippen LogP contribution in [-0.2, 0) is 14.4 Å². The zero-order valence-corrected chi connectivity index (χ0v) is 16.4. The van der Waals surface area contributed by atoms with Crippen LogP contribution in [0.1, 0.15) is 18.5 Å². The molecule has 0 saturated carbocycles. The number of phenolic OH excluding ortho intramolecular Hbond substituents is 1. The number of nitrogens with one attached hydrogen (secondary N) is 1. The van der Waals surface area contributed by atoms with E-state index >= 15 is 0 Å². The van der Waals surface area contributed by atoms with Gasteiger partial charge in [-0.1, -0.05) is 34.1 Å². The number of phenols is 1. The molecule has 28 heavy (non-hydrogen) atoms. The molecule has 4 rings (SSSR count). The summed E-state index contributed by atoms with van der Waals surface area (Å²) in [7, 11) is 0. The van der Waals surface area contributed by atoms with Crippen molar-refractivity contribution in [1.29, 1.82) is 0 Å². The molecule has 0 aromatic heterocycles. The van der Waals surface area contributed by atoms with E-state index in [1.165, 1.54) is 13.0 Å². The Morgan fingerprint density at radius 1 is 1.14 bits per heavy atom. The van der Waals surface area contributed by atoms with Crippen LogP contribution in [0.4, 0.5) is 5.69 Å². The molecule has 0 bridgehead atoms. The standard InChI is InChI=1S/C20H17BrN2O5/c1-20(19(27)28)15-14(16(22-20)12-9-10(21)7-8-13(12)24)17(25)23(18(15)26)11-5-3-2-4-6-11/h2-9,14-16,22,24H,1H3,(H,27,28)/t14-,15-,16+,20-/m0/s1. The van der Waals surface area contributed by atoms with Gasteiger partial charge in [-0.2, -0.15) is 0 Å². The summed E-state index contributed by atoms with van der Waals surface area (Å²) in [6.45, 7) is 1.40. The number of carboxylic acids is 1. The Morgan fingerprint density at radius 3 is 2.46 bits per heavy atom. The van der Waals surface area contributed by atoms with Crippen molar-refractivity contribution in [1.82, 2.24) is 5.32 Å². The molecule has 2 aliphatic heterocycles. The Hall–Kier alpha value is -2.71. The lowest BCUT2D eigenvalue weighted by Crippen LogP contribution is -2.53. The largest absolute Gasteiger partial charge is 0.508 e. The summed E-state index contributed by atoms with van der Waals surface area (Å²) in [4.78, 5) is 39.6. The van der Waals surface area contributed by atoms with Crippen molar-refractivity contribution in [3.63, 3.8) is 0 Å². The van der Waals surface area contributed by atoms with E-state index < -0.39 is 41.2 Å². The first-order valence-corrected chi connectivity index (χ1v) is 9.47. The number of anilines is 1. The fourth-order valence-corrected chi connectivity index (χ4v) is 4.59. The molecule has 2 saturated heterocycles. The minimum Gasteiger partial charge on any atom is -0.508 e. The Labute approximate surface area is 169 Å². The maximum absolute atomic E-state index is 13.3. The Morgan fingerprint density at radius 2 is 1.82 bits per heavy atom. The fourth-order valence-electron chi connectivity index (χ4n) is 4.21. The number of carbonyl (C=O) groups excluding carboxylic acids is 2. The van der Waals surface area contributed by atoms with Gasteiger partial charge in [-0.15, -0.1) is 0 Å². The lowest BCUT2D eigenvalue weighted by atomic mass is 9.80. The number of nitrogens with zero attached hydrogens (tertiary/aromatic N) is 1. The number of carboxylic acid groups (broad SMARTS) is 1. The van der Waals surface area contributed by atoms with Crippen LogP contribution in [0, 0.1) is 11.8 Å².